The number of carbonyl (C=O) groups excluding carboxylic acids is 1. The summed E-state index contributed by atoms with van der Waals surface area (Å²) in [6, 6.07) is 13.9. The maximum atomic E-state index is 14.1. The van der Waals surface area contributed by atoms with Crippen molar-refractivity contribution >= 4 is 17.7 Å². The molecule has 3 nitrogen and oxygen atoms in total. The van der Waals surface area contributed by atoms with E-state index in [-0.39, 0.29) is 17.1 Å². The SMILES string of the molecule is CCCCOc1ccc(C(=O)N2CCSC2c2ccccc2F)cc1. The molecule has 25 heavy (non-hydrogen) atoms. The smallest absolute Gasteiger partial charge is 0.255 e. The molecule has 0 bridgehead atoms. The number of halogens is 1. The van der Waals surface area contributed by atoms with E-state index >= 15 is 0 Å². The Balaban J connectivity index is 1.72. The molecule has 0 saturated carbocycles. The molecule has 1 unspecified atom stereocenters. The summed E-state index contributed by atoms with van der Waals surface area (Å²) in [5.74, 6) is 1.24. The van der Waals surface area contributed by atoms with E-state index in [1.165, 1.54) is 6.07 Å². The van der Waals surface area contributed by atoms with Gasteiger partial charge in [0.15, 0.2) is 0 Å². The first kappa shape index (κ1) is 17.8. The third kappa shape index (κ3) is 4.15. The number of hydrogen-bond donors (Lipinski definition) is 0. The molecule has 1 heterocycles. The summed E-state index contributed by atoms with van der Waals surface area (Å²) in [5, 5.41) is -0.269. The Morgan fingerprint density at radius 3 is 2.72 bits per heavy atom. The number of ether oxygens (including phenoxy) is 1. The molecule has 2 aromatic rings. The van der Waals surface area contributed by atoms with Crippen LogP contribution in [0.25, 0.3) is 0 Å². The maximum absolute atomic E-state index is 14.1. The van der Waals surface area contributed by atoms with Gasteiger partial charge < -0.3 is 9.64 Å². The van der Waals surface area contributed by atoms with Gasteiger partial charge in [0, 0.05) is 23.4 Å². The normalized spacial score (nSPS) is 16.9. The highest BCUT2D eigenvalue weighted by atomic mass is 32.2. The lowest BCUT2D eigenvalue weighted by atomic mass is 10.1. The van der Waals surface area contributed by atoms with Gasteiger partial charge in [-0.2, -0.15) is 0 Å². The van der Waals surface area contributed by atoms with E-state index in [0.717, 1.165) is 24.3 Å². The van der Waals surface area contributed by atoms with E-state index < -0.39 is 0 Å². The fourth-order valence-corrected chi connectivity index (χ4v) is 4.08. The lowest BCUT2D eigenvalue weighted by Gasteiger charge is -2.24. The molecule has 1 amide bonds. The highest BCUT2D eigenvalue weighted by Crippen LogP contribution is 2.39. The second-order valence-electron chi connectivity index (χ2n) is 5.97. The zero-order valence-electron chi connectivity index (χ0n) is 14.3. The van der Waals surface area contributed by atoms with Crippen LogP contribution < -0.4 is 4.74 Å². The van der Waals surface area contributed by atoms with Gasteiger partial charge in [0.1, 0.15) is 16.9 Å². The fourth-order valence-electron chi connectivity index (χ4n) is 2.80. The number of rotatable bonds is 6. The number of amides is 1. The Morgan fingerprint density at radius 2 is 2.00 bits per heavy atom. The first-order valence-electron chi connectivity index (χ1n) is 8.60. The molecule has 1 saturated heterocycles. The van der Waals surface area contributed by atoms with Gasteiger partial charge in [-0.3, -0.25) is 4.79 Å². The van der Waals surface area contributed by atoms with E-state index in [0.29, 0.717) is 24.3 Å². The van der Waals surface area contributed by atoms with Gasteiger partial charge in [0.25, 0.3) is 5.91 Å². The first-order valence-corrected chi connectivity index (χ1v) is 9.65. The van der Waals surface area contributed by atoms with Crippen LogP contribution in [0.5, 0.6) is 5.75 Å². The number of hydrogen-bond acceptors (Lipinski definition) is 3. The summed E-state index contributed by atoms with van der Waals surface area (Å²) in [5.41, 5.74) is 1.17. The fraction of sp³-hybridized carbons (Fsp3) is 0.350. The Morgan fingerprint density at radius 1 is 1.24 bits per heavy atom. The molecule has 2 aromatic carbocycles. The molecule has 0 aliphatic carbocycles. The van der Waals surface area contributed by atoms with Crippen molar-refractivity contribution in [3.63, 3.8) is 0 Å². The van der Waals surface area contributed by atoms with Crippen molar-refractivity contribution in [1.82, 2.24) is 4.90 Å². The third-order valence-electron chi connectivity index (χ3n) is 4.19. The van der Waals surface area contributed by atoms with Crippen molar-refractivity contribution in [2.75, 3.05) is 18.9 Å². The molecule has 1 fully saturated rings. The molecule has 132 valence electrons. The monoisotopic (exact) mass is 359 g/mol. The van der Waals surface area contributed by atoms with Gasteiger partial charge in [0.05, 0.1) is 6.61 Å². The molecular formula is C20H22FNO2S. The van der Waals surface area contributed by atoms with E-state index in [4.69, 9.17) is 4.74 Å². The first-order chi connectivity index (χ1) is 12.2. The number of nitrogens with zero attached hydrogens (tertiary/aromatic N) is 1. The molecular weight excluding hydrogens is 337 g/mol. The molecule has 5 heteroatoms. The minimum Gasteiger partial charge on any atom is -0.494 e. The summed E-state index contributed by atoms with van der Waals surface area (Å²) in [4.78, 5) is 14.6. The van der Waals surface area contributed by atoms with Crippen LogP contribution in [0.1, 0.15) is 41.1 Å². The topological polar surface area (TPSA) is 29.5 Å². The van der Waals surface area contributed by atoms with Gasteiger partial charge in [-0.05, 0) is 36.8 Å². The predicted molar refractivity (Wildman–Crippen MR) is 99.5 cm³/mol. The standard InChI is InChI=1S/C20H22FNO2S/c1-2-3-13-24-16-10-8-15(9-11-16)19(23)22-12-14-25-20(22)17-6-4-5-7-18(17)21/h4-11,20H,2-3,12-14H2,1H3. The average molecular weight is 359 g/mol. The van der Waals surface area contributed by atoms with E-state index in [9.17, 15) is 9.18 Å². The molecule has 1 aliphatic heterocycles. The summed E-state index contributed by atoms with van der Waals surface area (Å²) >= 11 is 1.60. The van der Waals surface area contributed by atoms with Crippen molar-refractivity contribution in [3.05, 3.63) is 65.5 Å². The highest BCUT2D eigenvalue weighted by molar-refractivity contribution is 7.99. The van der Waals surface area contributed by atoms with Gasteiger partial charge >= 0.3 is 0 Å². The lowest BCUT2D eigenvalue weighted by molar-refractivity contribution is 0.0759. The van der Waals surface area contributed by atoms with Crippen molar-refractivity contribution in [1.29, 1.82) is 0 Å². The van der Waals surface area contributed by atoms with Crippen molar-refractivity contribution < 1.29 is 13.9 Å². The van der Waals surface area contributed by atoms with Crippen LogP contribution in [0.3, 0.4) is 0 Å². The van der Waals surface area contributed by atoms with E-state index in [2.05, 4.69) is 6.92 Å². The molecule has 1 aliphatic rings. The third-order valence-corrected chi connectivity index (χ3v) is 5.43. The molecule has 3 rings (SSSR count). The summed E-state index contributed by atoms with van der Waals surface area (Å²) in [6.07, 6.45) is 2.09. The number of benzene rings is 2. The Kier molecular flexibility index (Phi) is 5.97. The predicted octanol–water partition coefficient (Wildman–Crippen LogP) is 4.89. The van der Waals surface area contributed by atoms with Crippen molar-refractivity contribution in [3.8, 4) is 5.75 Å². The number of unbranched alkanes of at least 4 members (excludes halogenated alkanes) is 1. The van der Waals surface area contributed by atoms with E-state index in [1.54, 1.807) is 40.9 Å². The van der Waals surface area contributed by atoms with Crippen LogP contribution in [0.2, 0.25) is 0 Å². The summed E-state index contributed by atoms with van der Waals surface area (Å²) in [6.45, 7) is 3.42. The summed E-state index contributed by atoms with van der Waals surface area (Å²) < 4.78 is 19.7. The average Bonchev–Trinajstić information content (AvgIpc) is 3.12. The van der Waals surface area contributed by atoms with Gasteiger partial charge in [0.2, 0.25) is 0 Å². The lowest BCUT2D eigenvalue weighted by Crippen LogP contribution is -2.30. The molecule has 1 atom stereocenters. The van der Waals surface area contributed by atoms with Crippen molar-refractivity contribution in [2.45, 2.75) is 25.1 Å². The maximum Gasteiger partial charge on any atom is 0.255 e. The number of thioether (sulfide) groups is 1. The van der Waals surface area contributed by atoms with Crippen LogP contribution in [0.4, 0.5) is 4.39 Å². The largest absolute Gasteiger partial charge is 0.494 e. The van der Waals surface area contributed by atoms with Gasteiger partial charge in [-0.1, -0.05) is 31.5 Å². The minimum absolute atomic E-state index is 0.0710. The summed E-state index contributed by atoms with van der Waals surface area (Å²) in [7, 11) is 0. The molecule has 0 radical (unpaired) electrons. The Hall–Kier alpha value is -2.01. The zero-order chi connectivity index (χ0) is 17.6. The zero-order valence-corrected chi connectivity index (χ0v) is 15.1. The molecule has 0 N–H and O–H groups in total. The number of carbonyl (C=O) groups is 1. The van der Waals surface area contributed by atoms with E-state index in [1.807, 2.05) is 18.2 Å². The Bertz CT molecular complexity index is 720. The quantitative estimate of drug-likeness (QED) is 0.688. The molecule has 0 spiro atoms. The second kappa shape index (κ2) is 8.39. The highest BCUT2D eigenvalue weighted by Gasteiger charge is 2.32. The van der Waals surface area contributed by atoms with Gasteiger partial charge in [-0.25, -0.2) is 4.39 Å². The van der Waals surface area contributed by atoms with Crippen LogP contribution in [0.15, 0.2) is 48.5 Å². The van der Waals surface area contributed by atoms with Crippen LogP contribution >= 0.6 is 11.8 Å². The van der Waals surface area contributed by atoms with Crippen LogP contribution in [0, 0.1) is 5.82 Å². The van der Waals surface area contributed by atoms with Gasteiger partial charge in [-0.15, -0.1) is 11.8 Å². The van der Waals surface area contributed by atoms with Crippen LogP contribution in [-0.4, -0.2) is 29.7 Å². The second-order valence-corrected chi connectivity index (χ2v) is 7.16. The van der Waals surface area contributed by atoms with Crippen LogP contribution in [-0.2, 0) is 0 Å². The Labute approximate surface area is 152 Å². The molecule has 0 aromatic heterocycles. The van der Waals surface area contributed by atoms with Crippen molar-refractivity contribution in [2.24, 2.45) is 0 Å². The minimum atomic E-state index is -0.269.